The van der Waals surface area contributed by atoms with E-state index in [9.17, 15) is 4.79 Å². The van der Waals surface area contributed by atoms with E-state index in [2.05, 4.69) is 10.2 Å². The van der Waals surface area contributed by atoms with E-state index >= 15 is 0 Å². The van der Waals surface area contributed by atoms with E-state index in [4.69, 9.17) is 9.84 Å². The van der Waals surface area contributed by atoms with E-state index in [1.807, 2.05) is 36.1 Å². The summed E-state index contributed by atoms with van der Waals surface area (Å²) in [6, 6.07) is 7.81. The van der Waals surface area contributed by atoms with Gasteiger partial charge in [-0.3, -0.25) is 4.79 Å². The molecule has 0 atom stereocenters. The lowest BCUT2D eigenvalue weighted by Gasteiger charge is -2.20. The van der Waals surface area contributed by atoms with Crippen molar-refractivity contribution in [2.24, 2.45) is 0 Å². The van der Waals surface area contributed by atoms with Crippen LogP contribution in [0, 0.1) is 6.92 Å². The second-order valence-electron chi connectivity index (χ2n) is 4.51. The van der Waals surface area contributed by atoms with Crippen molar-refractivity contribution in [1.82, 2.24) is 10.2 Å². The Morgan fingerprint density at radius 1 is 1.33 bits per heavy atom. The first-order chi connectivity index (χ1) is 10.1. The Morgan fingerprint density at radius 2 is 2.10 bits per heavy atom. The molecule has 7 heteroatoms. The third kappa shape index (κ3) is 5.03. The molecule has 1 N–H and O–H groups in total. The number of aliphatic carboxylic acids is 1. The highest BCUT2D eigenvalue weighted by molar-refractivity contribution is 7.13. The number of hydrogen-bond donors (Lipinski definition) is 1. The minimum absolute atomic E-state index is 0.0596. The Kier molecular flexibility index (Phi) is 5.51. The first-order valence-corrected chi connectivity index (χ1v) is 7.45. The molecule has 0 spiro atoms. The zero-order valence-electron chi connectivity index (χ0n) is 11.7. The predicted octanol–water partition coefficient (Wildman–Crippen LogP) is 2.21. The summed E-state index contributed by atoms with van der Waals surface area (Å²) in [6.07, 6.45) is 0.0596. The molecular weight excluding hydrogens is 290 g/mol. The number of aromatic nitrogens is 2. The summed E-state index contributed by atoms with van der Waals surface area (Å²) in [7, 11) is 0. The van der Waals surface area contributed by atoms with E-state index in [1.165, 1.54) is 16.9 Å². The molecule has 0 radical (unpaired) electrons. The van der Waals surface area contributed by atoms with Gasteiger partial charge in [0.05, 0.1) is 13.0 Å². The number of hydrogen-bond acceptors (Lipinski definition) is 6. The fraction of sp³-hybridized carbons (Fsp3) is 0.357. The third-order valence-corrected chi connectivity index (χ3v) is 3.62. The first-order valence-electron chi connectivity index (χ1n) is 6.57. The lowest BCUT2D eigenvalue weighted by molar-refractivity contribution is -0.136. The highest BCUT2D eigenvalue weighted by Crippen LogP contribution is 2.16. The molecule has 0 aliphatic carbocycles. The van der Waals surface area contributed by atoms with Gasteiger partial charge in [0.15, 0.2) is 0 Å². The molecule has 0 bridgehead atoms. The van der Waals surface area contributed by atoms with Gasteiger partial charge in [-0.15, -0.1) is 10.2 Å². The quantitative estimate of drug-likeness (QED) is 0.806. The summed E-state index contributed by atoms with van der Waals surface area (Å²) in [5.74, 6) is -0.0278. The minimum Gasteiger partial charge on any atom is -0.492 e. The summed E-state index contributed by atoms with van der Waals surface area (Å²) >= 11 is 1.39. The Hall–Kier alpha value is -2.15. The molecule has 2 rings (SSSR count). The SMILES string of the molecule is Cc1ccc(OCCN(CCC(=O)O)c2nncs2)cc1. The Bertz CT molecular complexity index is 557. The number of rotatable bonds is 8. The molecule has 6 nitrogen and oxygen atoms in total. The van der Waals surface area contributed by atoms with E-state index in [0.29, 0.717) is 24.8 Å². The zero-order valence-corrected chi connectivity index (χ0v) is 12.5. The topological polar surface area (TPSA) is 75.5 Å². The molecule has 21 heavy (non-hydrogen) atoms. The molecule has 0 unspecified atom stereocenters. The van der Waals surface area contributed by atoms with Gasteiger partial charge in [0.2, 0.25) is 5.13 Å². The smallest absolute Gasteiger partial charge is 0.305 e. The molecular formula is C14H17N3O3S. The van der Waals surface area contributed by atoms with E-state index < -0.39 is 5.97 Å². The van der Waals surface area contributed by atoms with Crippen LogP contribution in [0.2, 0.25) is 0 Å². The normalized spacial score (nSPS) is 10.3. The standard InChI is InChI=1S/C14H17N3O3S/c1-11-2-4-12(5-3-11)20-9-8-17(7-6-13(18)19)14-16-15-10-21-14/h2-5,10H,6-9H2,1H3,(H,18,19). The highest BCUT2D eigenvalue weighted by atomic mass is 32.1. The van der Waals surface area contributed by atoms with Gasteiger partial charge >= 0.3 is 5.97 Å². The average Bonchev–Trinajstić information content (AvgIpc) is 2.98. The fourth-order valence-corrected chi connectivity index (χ4v) is 2.36. The second kappa shape index (κ2) is 7.58. The average molecular weight is 307 g/mol. The lowest BCUT2D eigenvalue weighted by atomic mass is 10.2. The highest BCUT2D eigenvalue weighted by Gasteiger charge is 2.11. The van der Waals surface area contributed by atoms with Crippen molar-refractivity contribution >= 4 is 22.4 Å². The number of carboxylic acid groups (broad SMARTS) is 1. The van der Waals surface area contributed by atoms with Crippen molar-refractivity contribution in [1.29, 1.82) is 0 Å². The van der Waals surface area contributed by atoms with Crippen LogP contribution >= 0.6 is 11.3 Å². The first kappa shape index (κ1) is 15.2. The number of nitrogens with zero attached hydrogens (tertiary/aromatic N) is 3. The molecule has 0 saturated heterocycles. The van der Waals surface area contributed by atoms with Crippen molar-refractivity contribution in [3.63, 3.8) is 0 Å². The van der Waals surface area contributed by atoms with Crippen molar-refractivity contribution in [3.05, 3.63) is 35.3 Å². The summed E-state index contributed by atoms with van der Waals surface area (Å²) < 4.78 is 5.66. The maximum absolute atomic E-state index is 10.7. The van der Waals surface area contributed by atoms with Crippen molar-refractivity contribution in [2.75, 3.05) is 24.6 Å². The zero-order chi connectivity index (χ0) is 15.1. The van der Waals surface area contributed by atoms with Gasteiger partial charge in [-0.2, -0.15) is 0 Å². The summed E-state index contributed by atoms with van der Waals surface area (Å²) in [5, 5.41) is 17.3. The largest absolute Gasteiger partial charge is 0.492 e. The monoisotopic (exact) mass is 307 g/mol. The van der Waals surface area contributed by atoms with Gasteiger partial charge in [0, 0.05) is 6.54 Å². The van der Waals surface area contributed by atoms with Gasteiger partial charge < -0.3 is 14.7 Å². The van der Waals surface area contributed by atoms with E-state index in [1.54, 1.807) is 5.51 Å². The van der Waals surface area contributed by atoms with Crippen LogP contribution in [-0.2, 0) is 4.79 Å². The van der Waals surface area contributed by atoms with Crippen LogP contribution in [0.15, 0.2) is 29.8 Å². The van der Waals surface area contributed by atoms with Crippen LogP contribution in [0.4, 0.5) is 5.13 Å². The lowest BCUT2D eigenvalue weighted by Crippen LogP contribution is -2.30. The summed E-state index contributed by atoms with van der Waals surface area (Å²) in [4.78, 5) is 12.6. The van der Waals surface area contributed by atoms with Crippen molar-refractivity contribution in [3.8, 4) is 5.75 Å². The predicted molar refractivity (Wildman–Crippen MR) is 81.0 cm³/mol. The van der Waals surface area contributed by atoms with Crippen LogP contribution in [0.1, 0.15) is 12.0 Å². The Morgan fingerprint density at radius 3 is 2.71 bits per heavy atom. The molecule has 2 aromatic rings. The van der Waals surface area contributed by atoms with Crippen molar-refractivity contribution in [2.45, 2.75) is 13.3 Å². The van der Waals surface area contributed by atoms with E-state index in [-0.39, 0.29) is 6.42 Å². The molecule has 0 amide bonds. The molecule has 0 aliphatic rings. The van der Waals surface area contributed by atoms with Gasteiger partial charge in [-0.1, -0.05) is 29.0 Å². The second-order valence-corrected chi connectivity index (χ2v) is 5.33. The van der Waals surface area contributed by atoms with E-state index in [0.717, 1.165) is 5.75 Å². The molecule has 0 aliphatic heterocycles. The van der Waals surface area contributed by atoms with Crippen LogP contribution in [0.3, 0.4) is 0 Å². The van der Waals surface area contributed by atoms with Gasteiger partial charge in [-0.05, 0) is 19.1 Å². The van der Waals surface area contributed by atoms with Crippen LogP contribution in [-0.4, -0.2) is 41.0 Å². The maximum Gasteiger partial charge on any atom is 0.305 e. The fourth-order valence-electron chi connectivity index (χ4n) is 1.75. The van der Waals surface area contributed by atoms with Gasteiger partial charge in [-0.25, -0.2) is 0 Å². The molecule has 1 heterocycles. The van der Waals surface area contributed by atoms with Gasteiger partial charge in [0.25, 0.3) is 0 Å². The summed E-state index contributed by atoms with van der Waals surface area (Å²) in [5.41, 5.74) is 2.81. The number of anilines is 1. The Balaban J connectivity index is 1.86. The molecule has 1 aromatic carbocycles. The van der Waals surface area contributed by atoms with Crippen LogP contribution < -0.4 is 9.64 Å². The number of ether oxygens (including phenoxy) is 1. The maximum atomic E-state index is 10.7. The number of carbonyl (C=O) groups is 1. The Labute approximate surface area is 127 Å². The number of aryl methyl sites for hydroxylation is 1. The molecule has 0 saturated carbocycles. The van der Waals surface area contributed by atoms with Crippen LogP contribution in [0.25, 0.3) is 0 Å². The van der Waals surface area contributed by atoms with Gasteiger partial charge in [0.1, 0.15) is 17.9 Å². The third-order valence-electron chi connectivity index (χ3n) is 2.87. The number of carboxylic acids is 1. The molecule has 0 fully saturated rings. The molecule has 1 aromatic heterocycles. The molecule has 112 valence electrons. The van der Waals surface area contributed by atoms with Crippen LogP contribution in [0.5, 0.6) is 5.75 Å². The summed E-state index contributed by atoms with van der Waals surface area (Å²) in [6.45, 7) is 3.44. The van der Waals surface area contributed by atoms with Crippen molar-refractivity contribution < 1.29 is 14.6 Å². The minimum atomic E-state index is -0.830. The number of benzene rings is 1.